The lowest BCUT2D eigenvalue weighted by molar-refractivity contribution is 0.352. The standard InChI is InChI=1S/C16H23N3/c1-11-9-12(2)16-14(10-11)18-15(19-16)4-3-13-5-7-17-8-6-13/h9-10,13,17H,3-8H2,1-2H3,(H,18,19). The smallest absolute Gasteiger partial charge is 0.107 e. The highest BCUT2D eigenvalue weighted by atomic mass is 14.9. The molecule has 2 heterocycles. The van der Waals surface area contributed by atoms with Gasteiger partial charge in [-0.05, 0) is 69.3 Å². The Labute approximate surface area is 114 Å². The Morgan fingerprint density at radius 3 is 2.79 bits per heavy atom. The summed E-state index contributed by atoms with van der Waals surface area (Å²) in [6, 6.07) is 4.41. The van der Waals surface area contributed by atoms with Crippen molar-refractivity contribution in [1.29, 1.82) is 0 Å². The Kier molecular flexibility index (Phi) is 3.56. The Morgan fingerprint density at radius 2 is 2.00 bits per heavy atom. The number of nitrogens with one attached hydrogen (secondary N) is 2. The van der Waals surface area contributed by atoms with Crippen LogP contribution in [0.3, 0.4) is 0 Å². The van der Waals surface area contributed by atoms with Crippen LogP contribution in [-0.2, 0) is 6.42 Å². The van der Waals surface area contributed by atoms with Crippen molar-refractivity contribution in [3.8, 4) is 0 Å². The number of aromatic amines is 1. The molecule has 19 heavy (non-hydrogen) atoms. The van der Waals surface area contributed by atoms with Gasteiger partial charge in [0.1, 0.15) is 5.82 Å². The average molecular weight is 257 g/mol. The van der Waals surface area contributed by atoms with E-state index < -0.39 is 0 Å². The van der Waals surface area contributed by atoms with Gasteiger partial charge in [0.2, 0.25) is 0 Å². The summed E-state index contributed by atoms with van der Waals surface area (Å²) < 4.78 is 0. The second-order valence-corrected chi connectivity index (χ2v) is 5.89. The van der Waals surface area contributed by atoms with Crippen molar-refractivity contribution in [2.45, 2.75) is 39.5 Å². The maximum absolute atomic E-state index is 4.77. The predicted octanol–water partition coefficient (Wildman–Crippen LogP) is 3.11. The summed E-state index contributed by atoms with van der Waals surface area (Å²) in [6.45, 7) is 6.65. The van der Waals surface area contributed by atoms with Crippen LogP contribution in [0, 0.1) is 19.8 Å². The lowest BCUT2D eigenvalue weighted by Gasteiger charge is -2.21. The van der Waals surface area contributed by atoms with Crippen molar-refractivity contribution in [2.75, 3.05) is 13.1 Å². The van der Waals surface area contributed by atoms with Gasteiger partial charge in [-0.2, -0.15) is 0 Å². The molecule has 0 aliphatic carbocycles. The third-order valence-electron chi connectivity index (χ3n) is 4.22. The van der Waals surface area contributed by atoms with Gasteiger partial charge in [-0.15, -0.1) is 0 Å². The topological polar surface area (TPSA) is 40.7 Å². The van der Waals surface area contributed by atoms with Crippen LogP contribution in [0.1, 0.15) is 36.2 Å². The van der Waals surface area contributed by atoms with Crippen LogP contribution in [0.15, 0.2) is 12.1 Å². The van der Waals surface area contributed by atoms with Crippen LogP contribution in [0.25, 0.3) is 11.0 Å². The number of fused-ring (bicyclic) bond motifs is 1. The summed E-state index contributed by atoms with van der Waals surface area (Å²) in [5.74, 6) is 2.03. The normalized spacial score (nSPS) is 17.2. The SMILES string of the molecule is Cc1cc(C)c2nc(CCC3CCNCC3)[nH]c2c1. The first kappa shape index (κ1) is 12.7. The van der Waals surface area contributed by atoms with Crippen LogP contribution in [-0.4, -0.2) is 23.1 Å². The van der Waals surface area contributed by atoms with Crippen molar-refractivity contribution in [3.63, 3.8) is 0 Å². The van der Waals surface area contributed by atoms with Gasteiger partial charge in [0.15, 0.2) is 0 Å². The second-order valence-electron chi connectivity index (χ2n) is 5.89. The molecule has 1 aromatic carbocycles. The molecule has 0 unspecified atom stereocenters. The molecule has 1 aromatic heterocycles. The van der Waals surface area contributed by atoms with Crippen molar-refractivity contribution in [1.82, 2.24) is 15.3 Å². The zero-order valence-electron chi connectivity index (χ0n) is 11.9. The van der Waals surface area contributed by atoms with Crippen molar-refractivity contribution in [3.05, 3.63) is 29.1 Å². The number of piperidine rings is 1. The van der Waals surface area contributed by atoms with Gasteiger partial charge < -0.3 is 10.3 Å². The van der Waals surface area contributed by atoms with Crippen LogP contribution < -0.4 is 5.32 Å². The van der Waals surface area contributed by atoms with E-state index in [0.717, 1.165) is 23.7 Å². The highest BCUT2D eigenvalue weighted by Crippen LogP contribution is 2.21. The van der Waals surface area contributed by atoms with E-state index in [1.165, 1.54) is 49.0 Å². The van der Waals surface area contributed by atoms with E-state index in [1.54, 1.807) is 0 Å². The van der Waals surface area contributed by atoms with E-state index in [9.17, 15) is 0 Å². The van der Waals surface area contributed by atoms with Gasteiger partial charge in [0.25, 0.3) is 0 Å². The molecule has 0 radical (unpaired) electrons. The van der Waals surface area contributed by atoms with Gasteiger partial charge in [0, 0.05) is 6.42 Å². The second kappa shape index (κ2) is 5.33. The Hall–Kier alpha value is -1.35. The first-order valence-electron chi connectivity index (χ1n) is 7.39. The highest BCUT2D eigenvalue weighted by Gasteiger charge is 2.14. The van der Waals surface area contributed by atoms with Crippen LogP contribution in [0.5, 0.6) is 0 Å². The zero-order chi connectivity index (χ0) is 13.2. The Balaban J connectivity index is 1.72. The molecule has 3 nitrogen and oxygen atoms in total. The van der Waals surface area contributed by atoms with Gasteiger partial charge in [-0.3, -0.25) is 0 Å². The fraction of sp³-hybridized carbons (Fsp3) is 0.562. The molecule has 102 valence electrons. The first-order valence-corrected chi connectivity index (χ1v) is 7.39. The summed E-state index contributed by atoms with van der Waals surface area (Å²) in [4.78, 5) is 8.26. The maximum Gasteiger partial charge on any atom is 0.107 e. The number of aryl methyl sites for hydroxylation is 3. The molecular formula is C16H23N3. The molecule has 0 amide bonds. The van der Waals surface area contributed by atoms with Gasteiger partial charge in [-0.1, -0.05) is 6.07 Å². The monoisotopic (exact) mass is 257 g/mol. The number of H-pyrrole nitrogens is 1. The minimum atomic E-state index is 0.872. The Morgan fingerprint density at radius 1 is 1.21 bits per heavy atom. The summed E-state index contributed by atoms with van der Waals surface area (Å²) >= 11 is 0. The van der Waals surface area contributed by atoms with Gasteiger partial charge >= 0.3 is 0 Å². The van der Waals surface area contributed by atoms with E-state index >= 15 is 0 Å². The minimum absolute atomic E-state index is 0.872. The largest absolute Gasteiger partial charge is 0.342 e. The van der Waals surface area contributed by atoms with Crippen molar-refractivity contribution in [2.24, 2.45) is 5.92 Å². The van der Waals surface area contributed by atoms with Gasteiger partial charge in [0.05, 0.1) is 11.0 Å². The van der Waals surface area contributed by atoms with Crippen LogP contribution >= 0.6 is 0 Å². The van der Waals surface area contributed by atoms with E-state index in [4.69, 9.17) is 4.98 Å². The van der Waals surface area contributed by atoms with Gasteiger partial charge in [-0.25, -0.2) is 4.98 Å². The number of benzene rings is 1. The predicted molar refractivity (Wildman–Crippen MR) is 79.5 cm³/mol. The molecule has 1 saturated heterocycles. The zero-order valence-corrected chi connectivity index (χ0v) is 11.9. The summed E-state index contributed by atoms with van der Waals surface area (Å²) in [7, 11) is 0. The quantitative estimate of drug-likeness (QED) is 0.887. The summed E-state index contributed by atoms with van der Waals surface area (Å²) in [5, 5.41) is 3.42. The fourth-order valence-corrected chi connectivity index (χ4v) is 3.15. The number of hydrogen-bond donors (Lipinski definition) is 2. The van der Waals surface area contributed by atoms with Crippen molar-refractivity contribution < 1.29 is 0 Å². The molecule has 0 spiro atoms. The third kappa shape index (κ3) is 2.81. The average Bonchev–Trinajstić information content (AvgIpc) is 2.81. The fourth-order valence-electron chi connectivity index (χ4n) is 3.15. The molecule has 1 aliphatic heterocycles. The number of nitrogens with zero attached hydrogens (tertiary/aromatic N) is 1. The van der Waals surface area contributed by atoms with E-state index in [-0.39, 0.29) is 0 Å². The highest BCUT2D eigenvalue weighted by molar-refractivity contribution is 5.79. The molecular weight excluding hydrogens is 234 g/mol. The molecule has 3 heteroatoms. The van der Waals surface area contributed by atoms with Crippen LogP contribution in [0.4, 0.5) is 0 Å². The molecule has 3 rings (SSSR count). The first-order chi connectivity index (χ1) is 9.22. The van der Waals surface area contributed by atoms with Crippen molar-refractivity contribution >= 4 is 11.0 Å². The summed E-state index contributed by atoms with van der Waals surface area (Å²) in [5.41, 5.74) is 4.92. The minimum Gasteiger partial charge on any atom is -0.342 e. The number of aromatic nitrogens is 2. The molecule has 2 N–H and O–H groups in total. The summed E-state index contributed by atoms with van der Waals surface area (Å²) in [6.07, 6.45) is 4.98. The molecule has 2 aromatic rings. The van der Waals surface area contributed by atoms with E-state index in [2.05, 4.69) is 36.3 Å². The maximum atomic E-state index is 4.77. The molecule has 0 bridgehead atoms. The molecule has 1 aliphatic rings. The lowest BCUT2D eigenvalue weighted by Crippen LogP contribution is -2.27. The van der Waals surface area contributed by atoms with Crippen LogP contribution in [0.2, 0.25) is 0 Å². The van der Waals surface area contributed by atoms with E-state index in [0.29, 0.717) is 0 Å². The third-order valence-corrected chi connectivity index (χ3v) is 4.22. The number of hydrogen-bond acceptors (Lipinski definition) is 2. The number of rotatable bonds is 3. The lowest BCUT2D eigenvalue weighted by atomic mass is 9.93. The Bertz CT molecular complexity index is 565. The molecule has 0 atom stereocenters. The number of imidazole rings is 1. The van der Waals surface area contributed by atoms with E-state index in [1.807, 2.05) is 0 Å². The molecule has 1 fully saturated rings. The molecule has 0 saturated carbocycles.